The first-order valence-electron chi connectivity index (χ1n) is 6.31. The Bertz CT molecular complexity index is 409. The number of phenols is 1. The predicted octanol–water partition coefficient (Wildman–Crippen LogP) is 1.26. The summed E-state index contributed by atoms with van der Waals surface area (Å²) in [5.41, 5.74) is 7.31. The minimum atomic E-state index is 0.172. The van der Waals surface area contributed by atoms with Crippen molar-refractivity contribution >= 4 is 11.4 Å². The summed E-state index contributed by atoms with van der Waals surface area (Å²) in [7, 11) is 0. The topological polar surface area (TPSA) is 52.7 Å². The van der Waals surface area contributed by atoms with Gasteiger partial charge in [-0.2, -0.15) is 0 Å². The van der Waals surface area contributed by atoms with E-state index in [-0.39, 0.29) is 5.75 Å². The Balaban J connectivity index is 1.66. The second-order valence-electron chi connectivity index (χ2n) is 5.00. The number of anilines is 2. The fourth-order valence-corrected chi connectivity index (χ4v) is 2.52. The van der Waals surface area contributed by atoms with E-state index in [0.717, 1.165) is 37.9 Å². The molecule has 1 aromatic rings. The number of hydrogen-bond acceptors (Lipinski definition) is 4. The summed E-state index contributed by atoms with van der Waals surface area (Å²) in [6, 6.07) is 6.35. The van der Waals surface area contributed by atoms with Crippen molar-refractivity contribution in [2.45, 2.75) is 18.9 Å². The number of piperazine rings is 1. The van der Waals surface area contributed by atoms with E-state index in [1.54, 1.807) is 6.07 Å². The Hall–Kier alpha value is -1.42. The van der Waals surface area contributed by atoms with E-state index >= 15 is 0 Å². The molecule has 2 aliphatic rings. The van der Waals surface area contributed by atoms with Crippen LogP contribution < -0.4 is 10.6 Å². The lowest BCUT2D eigenvalue weighted by Crippen LogP contribution is -2.47. The number of hydrogen-bond donors (Lipinski definition) is 2. The van der Waals surface area contributed by atoms with Crippen molar-refractivity contribution in [3.8, 4) is 5.75 Å². The van der Waals surface area contributed by atoms with Crippen molar-refractivity contribution in [3.05, 3.63) is 18.2 Å². The monoisotopic (exact) mass is 233 g/mol. The zero-order chi connectivity index (χ0) is 11.8. The molecule has 17 heavy (non-hydrogen) atoms. The lowest BCUT2D eigenvalue weighted by Gasteiger charge is -2.36. The van der Waals surface area contributed by atoms with Crippen LogP contribution in [-0.4, -0.2) is 42.2 Å². The second kappa shape index (κ2) is 4.11. The van der Waals surface area contributed by atoms with Crippen molar-refractivity contribution in [3.63, 3.8) is 0 Å². The number of rotatable bonds is 2. The molecule has 1 saturated heterocycles. The van der Waals surface area contributed by atoms with Crippen LogP contribution >= 0.6 is 0 Å². The molecule has 0 unspecified atom stereocenters. The average Bonchev–Trinajstić information content (AvgIpc) is 3.17. The highest BCUT2D eigenvalue weighted by Gasteiger charge is 2.31. The molecular formula is C13H19N3O. The van der Waals surface area contributed by atoms with Gasteiger partial charge in [0.05, 0.1) is 5.69 Å². The van der Waals surface area contributed by atoms with E-state index in [2.05, 4.69) is 9.80 Å². The zero-order valence-corrected chi connectivity index (χ0v) is 9.97. The van der Waals surface area contributed by atoms with E-state index in [1.807, 2.05) is 12.1 Å². The third kappa shape index (κ3) is 2.17. The second-order valence-corrected chi connectivity index (χ2v) is 5.00. The first-order chi connectivity index (χ1) is 8.24. The maximum Gasteiger partial charge on any atom is 0.138 e. The van der Waals surface area contributed by atoms with Gasteiger partial charge in [-0.1, -0.05) is 0 Å². The molecule has 92 valence electrons. The highest BCUT2D eigenvalue weighted by Crippen LogP contribution is 2.30. The molecule has 0 aromatic heterocycles. The van der Waals surface area contributed by atoms with Crippen molar-refractivity contribution in [1.82, 2.24) is 4.90 Å². The Morgan fingerprint density at radius 2 is 1.82 bits per heavy atom. The molecule has 0 atom stereocenters. The van der Waals surface area contributed by atoms with Crippen LogP contribution in [0.15, 0.2) is 18.2 Å². The molecule has 1 saturated carbocycles. The first-order valence-corrected chi connectivity index (χ1v) is 6.31. The quantitative estimate of drug-likeness (QED) is 0.596. The predicted molar refractivity (Wildman–Crippen MR) is 69.3 cm³/mol. The van der Waals surface area contributed by atoms with Gasteiger partial charge in [-0.3, -0.25) is 4.90 Å². The van der Waals surface area contributed by atoms with Crippen LogP contribution in [0.2, 0.25) is 0 Å². The molecule has 1 aromatic carbocycles. The molecule has 1 heterocycles. The zero-order valence-electron chi connectivity index (χ0n) is 9.97. The minimum absolute atomic E-state index is 0.172. The van der Waals surface area contributed by atoms with E-state index in [0.29, 0.717) is 5.69 Å². The van der Waals surface area contributed by atoms with Crippen LogP contribution in [0.1, 0.15) is 12.8 Å². The molecule has 2 fully saturated rings. The maximum absolute atomic E-state index is 9.41. The molecule has 0 amide bonds. The summed E-state index contributed by atoms with van der Waals surface area (Å²) in [5.74, 6) is 0.172. The summed E-state index contributed by atoms with van der Waals surface area (Å²) >= 11 is 0. The summed E-state index contributed by atoms with van der Waals surface area (Å²) in [6.07, 6.45) is 2.76. The lowest BCUT2D eigenvalue weighted by molar-refractivity contribution is 0.248. The fourth-order valence-electron chi connectivity index (χ4n) is 2.52. The van der Waals surface area contributed by atoms with Gasteiger partial charge in [0, 0.05) is 37.9 Å². The molecule has 0 radical (unpaired) electrons. The first kappa shape index (κ1) is 10.7. The highest BCUT2D eigenvalue weighted by atomic mass is 16.3. The molecule has 4 nitrogen and oxygen atoms in total. The number of benzene rings is 1. The summed E-state index contributed by atoms with van der Waals surface area (Å²) in [6.45, 7) is 4.40. The number of aromatic hydroxyl groups is 1. The molecule has 4 heteroatoms. The van der Waals surface area contributed by atoms with E-state index in [1.165, 1.54) is 12.8 Å². The van der Waals surface area contributed by atoms with Gasteiger partial charge in [-0.25, -0.2) is 0 Å². The van der Waals surface area contributed by atoms with E-state index < -0.39 is 0 Å². The lowest BCUT2D eigenvalue weighted by atomic mass is 10.2. The largest absolute Gasteiger partial charge is 0.506 e. The van der Waals surface area contributed by atoms with Crippen molar-refractivity contribution in [2.75, 3.05) is 36.8 Å². The van der Waals surface area contributed by atoms with Gasteiger partial charge < -0.3 is 15.7 Å². The number of nitrogens with two attached hydrogens (primary N) is 1. The summed E-state index contributed by atoms with van der Waals surface area (Å²) in [4.78, 5) is 4.93. The number of nitrogens with zero attached hydrogens (tertiary/aromatic N) is 2. The van der Waals surface area contributed by atoms with Crippen LogP contribution in [0.4, 0.5) is 11.4 Å². The Kier molecular flexibility index (Phi) is 2.59. The van der Waals surface area contributed by atoms with Gasteiger partial charge in [-0.15, -0.1) is 0 Å². The van der Waals surface area contributed by atoms with Gasteiger partial charge >= 0.3 is 0 Å². The standard InChI is InChI=1S/C13H19N3O/c14-12-9-11(3-4-13(12)17)16-7-5-15(6-8-16)10-1-2-10/h3-4,9-10,17H,1-2,5-8,14H2. The van der Waals surface area contributed by atoms with Gasteiger partial charge in [0.2, 0.25) is 0 Å². The summed E-state index contributed by atoms with van der Waals surface area (Å²) < 4.78 is 0. The smallest absolute Gasteiger partial charge is 0.138 e. The molecule has 0 spiro atoms. The van der Waals surface area contributed by atoms with Crippen LogP contribution in [0.25, 0.3) is 0 Å². The van der Waals surface area contributed by atoms with Gasteiger partial charge in [0.1, 0.15) is 5.75 Å². The minimum Gasteiger partial charge on any atom is -0.506 e. The molecule has 1 aliphatic heterocycles. The molecule has 3 N–H and O–H groups in total. The van der Waals surface area contributed by atoms with Crippen LogP contribution in [0.5, 0.6) is 5.75 Å². The van der Waals surface area contributed by atoms with Crippen molar-refractivity contribution in [2.24, 2.45) is 0 Å². The van der Waals surface area contributed by atoms with Crippen LogP contribution in [0.3, 0.4) is 0 Å². The van der Waals surface area contributed by atoms with Crippen molar-refractivity contribution < 1.29 is 5.11 Å². The average molecular weight is 233 g/mol. The Morgan fingerprint density at radius 1 is 1.12 bits per heavy atom. The highest BCUT2D eigenvalue weighted by molar-refractivity contribution is 5.62. The normalized spacial score (nSPS) is 21.8. The van der Waals surface area contributed by atoms with Gasteiger partial charge in [-0.05, 0) is 31.0 Å². The summed E-state index contributed by atoms with van der Waals surface area (Å²) in [5, 5.41) is 9.41. The van der Waals surface area contributed by atoms with Gasteiger partial charge in [0.25, 0.3) is 0 Å². The van der Waals surface area contributed by atoms with E-state index in [9.17, 15) is 5.11 Å². The van der Waals surface area contributed by atoms with Crippen LogP contribution in [0, 0.1) is 0 Å². The third-order valence-electron chi connectivity index (χ3n) is 3.75. The van der Waals surface area contributed by atoms with Gasteiger partial charge in [0.15, 0.2) is 0 Å². The third-order valence-corrected chi connectivity index (χ3v) is 3.75. The number of phenolic OH excluding ortho intramolecular Hbond substituents is 1. The molecule has 0 bridgehead atoms. The van der Waals surface area contributed by atoms with Crippen LogP contribution in [-0.2, 0) is 0 Å². The maximum atomic E-state index is 9.41. The van der Waals surface area contributed by atoms with Crippen molar-refractivity contribution in [1.29, 1.82) is 0 Å². The Labute approximate surface area is 102 Å². The SMILES string of the molecule is Nc1cc(N2CCN(C3CC3)CC2)ccc1O. The molecular weight excluding hydrogens is 214 g/mol. The molecule has 3 rings (SSSR count). The Morgan fingerprint density at radius 3 is 2.41 bits per heavy atom. The molecule has 1 aliphatic carbocycles. The fraction of sp³-hybridized carbons (Fsp3) is 0.538. The number of nitrogen functional groups attached to an aromatic ring is 1. The van der Waals surface area contributed by atoms with E-state index in [4.69, 9.17) is 5.73 Å².